The summed E-state index contributed by atoms with van der Waals surface area (Å²) in [7, 11) is 1.54. The molecule has 0 saturated carbocycles. The van der Waals surface area contributed by atoms with E-state index in [4.69, 9.17) is 19.9 Å². The van der Waals surface area contributed by atoms with Gasteiger partial charge in [-0.2, -0.15) is 13.2 Å². The zero-order valence-electron chi connectivity index (χ0n) is 19.0. The summed E-state index contributed by atoms with van der Waals surface area (Å²) in [5, 5.41) is 0. The molecule has 6 nitrogen and oxygen atoms in total. The Morgan fingerprint density at radius 2 is 1.77 bits per heavy atom. The van der Waals surface area contributed by atoms with Gasteiger partial charge in [0.05, 0.1) is 7.11 Å². The highest BCUT2D eigenvalue weighted by Crippen LogP contribution is 2.40. The number of nitrogen functional groups attached to an aromatic ring is 1. The quantitative estimate of drug-likeness (QED) is 0.448. The van der Waals surface area contributed by atoms with Crippen molar-refractivity contribution in [2.75, 3.05) is 26.2 Å². The third-order valence-corrected chi connectivity index (χ3v) is 5.88. The number of carbonyl (C=O) groups is 1. The molecular formula is C26H25F3N2O4. The Hall–Kier alpha value is -3.88. The molecule has 0 spiro atoms. The molecule has 0 saturated heterocycles. The van der Waals surface area contributed by atoms with E-state index in [1.165, 1.54) is 7.11 Å². The van der Waals surface area contributed by atoms with Crippen LogP contribution >= 0.6 is 0 Å². The molecular weight excluding hydrogens is 461 g/mol. The number of anilines is 1. The molecule has 0 bridgehead atoms. The van der Waals surface area contributed by atoms with Crippen LogP contribution in [0.2, 0.25) is 0 Å². The Bertz CT molecular complexity index is 1180. The number of nitrogens with two attached hydrogens (primary N) is 1. The lowest BCUT2D eigenvalue weighted by atomic mass is 9.87. The average molecular weight is 486 g/mol. The molecule has 1 aliphatic heterocycles. The highest BCUT2D eigenvalue weighted by molar-refractivity contribution is 5.81. The maximum atomic E-state index is 13.4. The van der Waals surface area contributed by atoms with E-state index in [0.29, 0.717) is 28.5 Å². The lowest BCUT2D eigenvalue weighted by molar-refractivity contribution is -0.186. The van der Waals surface area contributed by atoms with Crippen molar-refractivity contribution in [1.82, 2.24) is 4.90 Å². The van der Waals surface area contributed by atoms with Gasteiger partial charge in [-0.3, -0.25) is 4.79 Å². The van der Waals surface area contributed by atoms with Crippen LogP contribution in [-0.2, 0) is 11.3 Å². The molecule has 35 heavy (non-hydrogen) atoms. The summed E-state index contributed by atoms with van der Waals surface area (Å²) >= 11 is 0. The van der Waals surface area contributed by atoms with E-state index < -0.39 is 12.1 Å². The van der Waals surface area contributed by atoms with Gasteiger partial charge in [0.1, 0.15) is 5.75 Å². The number of para-hydroxylation sites is 1. The highest BCUT2D eigenvalue weighted by Gasteiger charge is 2.42. The number of rotatable bonds is 8. The zero-order chi connectivity index (χ0) is 25.0. The van der Waals surface area contributed by atoms with Gasteiger partial charge in [-0.1, -0.05) is 36.4 Å². The number of nitrogens with zero attached hydrogens (tertiary/aromatic N) is 1. The van der Waals surface area contributed by atoms with Gasteiger partial charge in [-0.15, -0.1) is 0 Å². The molecule has 0 aromatic heterocycles. The molecule has 9 heteroatoms. The first kappa shape index (κ1) is 24.3. The van der Waals surface area contributed by atoms with Crippen LogP contribution < -0.4 is 19.9 Å². The number of carbonyl (C=O) groups excluding carboxylic acids is 1. The number of amides is 1. The number of fused-ring (bicyclic) bond motifs is 1. The lowest BCUT2D eigenvalue weighted by Crippen LogP contribution is -2.41. The first-order chi connectivity index (χ1) is 16.8. The predicted molar refractivity (Wildman–Crippen MR) is 124 cm³/mol. The van der Waals surface area contributed by atoms with Crippen molar-refractivity contribution >= 4 is 11.6 Å². The minimum Gasteiger partial charge on any atom is -0.496 e. The molecule has 184 valence electrons. The predicted octanol–water partition coefficient (Wildman–Crippen LogP) is 5.12. The SMILES string of the molecule is COc1ccccc1C(CCN(Cc1ccc(N)cc1)C(=O)C(F)(F)F)c1ccc2c(c1)OCO2. The first-order valence-corrected chi connectivity index (χ1v) is 11.0. The zero-order valence-corrected chi connectivity index (χ0v) is 19.0. The monoisotopic (exact) mass is 486 g/mol. The summed E-state index contributed by atoms with van der Waals surface area (Å²) in [6.45, 7) is -0.230. The first-order valence-electron chi connectivity index (χ1n) is 11.0. The number of alkyl halides is 3. The maximum Gasteiger partial charge on any atom is 0.471 e. The Labute approximate surface area is 201 Å². The number of ether oxygens (including phenoxy) is 3. The number of hydrogen-bond acceptors (Lipinski definition) is 5. The van der Waals surface area contributed by atoms with Gasteiger partial charge in [0, 0.05) is 30.3 Å². The molecule has 1 heterocycles. The van der Waals surface area contributed by atoms with Gasteiger partial charge < -0.3 is 24.8 Å². The van der Waals surface area contributed by atoms with Crippen LogP contribution in [0.4, 0.5) is 18.9 Å². The number of halogens is 3. The Balaban J connectivity index is 1.65. The second-order valence-corrected chi connectivity index (χ2v) is 8.16. The number of benzene rings is 3. The second kappa shape index (κ2) is 10.2. The molecule has 3 aromatic carbocycles. The summed E-state index contributed by atoms with van der Waals surface area (Å²) < 4.78 is 56.8. The average Bonchev–Trinajstić information content (AvgIpc) is 3.32. The molecule has 1 amide bonds. The van der Waals surface area contributed by atoms with Gasteiger partial charge in [0.2, 0.25) is 6.79 Å². The molecule has 0 radical (unpaired) electrons. The van der Waals surface area contributed by atoms with Crippen molar-refractivity contribution in [3.8, 4) is 17.2 Å². The second-order valence-electron chi connectivity index (χ2n) is 8.16. The number of hydrogen-bond donors (Lipinski definition) is 1. The van der Waals surface area contributed by atoms with E-state index in [0.717, 1.165) is 16.0 Å². The molecule has 2 N–H and O–H groups in total. The van der Waals surface area contributed by atoms with Crippen LogP contribution in [0.1, 0.15) is 29.0 Å². The highest BCUT2D eigenvalue weighted by atomic mass is 19.4. The van der Waals surface area contributed by atoms with Gasteiger partial charge >= 0.3 is 12.1 Å². The van der Waals surface area contributed by atoms with E-state index in [-0.39, 0.29) is 32.2 Å². The maximum absolute atomic E-state index is 13.4. The van der Waals surface area contributed by atoms with Crippen molar-refractivity contribution < 1.29 is 32.2 Å². The van der Waals surface area contributed by atoms with E-state index in [9.17, 15) is 18.0 Å². The summed E-state index contributed by atoms with van der Waals surface area (Å²) in [5.74, 6) is -0.492. The van der Waals surface area contributed by atoms with Crippen LogP contribution in [-0.4, -0.2) is 37.4 Å². The topological polar surface area (TPSA) is 74.0 Å². The van der Waals surface area contributed by atoms with E-state index >= 15 is 0 Å². The summed E-state index contributed by atoms with van der Waals surface area (Å²) in [4.78, 5) is 13.1. The molecule has 0 aliphatic carbocycles. The van der Waals surface area contributed by atoms with Crippen LogP contribution in [0.25, 0.3) is 0 Å². The van der Waals surface area contributed by atoms with Crippen LogP contribution in [0.15, 0.2) is 66.7 Å². The molecule has 0 fully saturated rings. The van der Waals surface area contributed by atoms with Crippen molar-refractivity contribution in [2.24, 2.45) is 0 Å². The Morgan fingerprint density at radius 1 is 1.06 bits per heavy atom. The number of methoxy groups -OCH3 is 1. The fourth-order valence-corrected chi connectivity index (χ4v) is 4.15. The smallest absolute Gasteiger partial charge is 0.471 e. The summed E-state index contributed by atoms with van der Waals surface area (Å²) in [6, 6.07) is 19.2. The lowest BCUT2D eigenvalue weighted by Gasteiger charge is -2.27. The molecule has 1 unspecified atom stereocenters. The van der Waals surface area contributed by atoms with Gasteiger partial charge in [-0.05, 0) is 47.9 Å². The summed E-state index contributed by atoms with van der Waals surface area (Å²) in [5.41, 5.74) is 8.33. The molecule has 4 rings (SSSR count). The van der Waals surface area contributed by atoms with Gasteiger partial charge in [0.15, 0.2) is 11.5 Å². The van der Waals surface area contributed by atoms with E-state index in [2.05, 4.69) is 0 Å². The fraction of sp³-hybridized carbons (Fsp3) is 0.269. The molecule has 1 atom stereocenters. The van der Waals surface area contributed by atoms with Gasteiger partial charge in [0.25, 0.3) is 0 Å². The minimum absolute atomic E-state index is 0.105. The minimum atomic E-state index is -4.99. The van der Waals surface area contributed by atoms with Crippen LogP contribution in [0, 0.1) is 0 Å². The standard InChI is InChI=1S/C26H25F3N2O4/c1-33-22-5-3-2-4-21(22)20(18-8-11-23-24(14-18)35-16-34-23)12-13-31(25(32)26(27,28)29)15-17-6-9-19(30)10-7-17/h2-11,14,20H,12-13,15-16,30H2,1H3. The third kappa shape index (κ3) is 5.62. The molecule has 1 aliphatic rings. The Kier molecular flexibility index (Phi) is 7.04. The third-order valence-electron chi connectivity index (χ3n) is 5.88. The van der Waals surface area contributed by atoms with Gasteiger partial charge in [-0.25, -0.2) is 0 Å². The van der Waals surface area contributed by atoms with Crippen molar-refractivity contribution in [2.45, 2.75) is 25.1 Å². The van der Waals surface area contributed by atoms with E-state index in [1.54, 1.807) is 36.4 Å². The molecule has 3 aromatic rings. The largest absolute Gasteiger partial charge is 0.496 e. The van der Waals surface area contributed by atoms with Crippen LogP contribution in [0.5, 0.6) is 17.2 Å². The van der Waals surface area contributed by atoms with E-state index in [1.807, 2.05) is 30.3 Å². The normalized spacial score (nSPS) is 13.4. The van der Waals surface area contributed by atoms with Crippen molar-refractivity contribution in [1.29, 1.82) is 0 Å². The van der Waals surface area contributed by atoms with Crippen molar-refractivity contribution in [3.63, 3.8) is 0 Å². The summed E-state index contributed by atoms with van der Waals surface area (Å²) in [6.07, 6.45) is -4.77. The van der Waals surface area contributed by atoms with Crippen LogP contribution in [0.3, 0.4) is 0 Å². The van der Waals surface area contributed by atoms with Crippen molar-refractivity contribution in [3.05, 3.63) is 83.4 Å². The Morgan fingerprint density at radius 3 is 2.49 bits per heavy atom. The fourth-order valence-electron chi connectivity index (χ4n) is 4.15.